The van der Waals surface area contributed by atoms with Gasteiger partial charge in [0.05, 0.1) is 11.6 Å². The zero-order valence-electron chi connectivity index (χ0n) is 8.06. The van der Waals surface area contributed by atoms with Gasteiger partial charge in [0.25, 0.3) is 0 Å². The molecule has 4 nitrogen and oxygen atoms in total. The monoisotopic (exact) mass is 216 g/mol. The number of nitrogens with zero attached hydrogens (tertiary/aromatic N) is 3. The van der Waals surface area contributed by atoms with E-state index in [9.17, 15) is 0 Å². The maximum absolute atomic E-state index is 8.77. The van der Waals surface area contributed by atoms with Crippen LogP contribution in [0.25, 0.3) is 10.6 Å². The van der Waals surface area contributed by atoms with Crippen molar-refractivity contribution in [1.82, 2.24) is 10.2 Å². The highest BCUT2D eigenvalue weighted by Crippen LogP contribution is 2.26. The van der Waals surface area contributed by atoms with Crippen LogP contribution >= 0.6 is 11.3 Å². The number of hydrogen-bond acceptors (Lipinski definition) is 5. The molecular formula is C10H8N4S. The minimum Gasteiger partial charge on any atom is -0.363 e. The van der Waals surface area contributed by atoms with E-state index >= 15 is 0 Å². The van der Waals surface area contributed by atoms with E-state index in [0.717, 1.165) is 15.7 Å². The van der Waals surface area contributed by atoms with Crippen molar-refractivity contribution in [3.63, 3.8) is 0 Å². The second-order valence-corrected chi connectivity index (χ2v) is 3.83. The van der Waals surface area contributed by atoms with Crippen LogP contribution in [0.3, 0.4) is 0 Å². The predicted molar refractivity (Wildman–Crippen MR) is 59.6 cm³/mol. The van der Waals surface area contributed by atoms with Crippen LogP contribution in [0.1, 0.15) is 5.56 Å². The molecule has 0 aliphatic rings. The predicted octanol–water partition coefficient (Wildman–Crippen LogP) is 2.12. The van der Waals surface area contributed by atoms with Gasteiger partial charge in [-0.1, -0.05) is 23.5 Å². The van der Waals surface area contributed by atoms with E-state index in [2.05, 4.69) is 21.6 Å². The minimum atomic E-state index is 0.633. The van der Waals surface area contributed by atoms with Crippen LogP contribution in [0.2, 0.25) is 0 Å². The molecule has 0 amide bonds. The van der Waals surface area contributed by atoms with Crippen molar-refractivity contribution in [1.29, 1.82) is 5.26 Å². The zero-order valence-corrected chi connectivity index (χ0v) is 8.88. The number of aromatic nitrogens is 2. The van der Waals surface area contributed by atoms with E-state index in [1.165, 1.54) is 11.3 Å². The molecule has 5 heteroatoms. The second kappa shape index (κ2) is 4.07. The Morgan fingerprint density at radius 1 is 1.40 bits per heavy atom. The van der Waals surface area contributed by atoms with Gasteiger partial charge in [0, 0.05) is 12.6 Å². The molecule has 0 spiro atoms. The molecule has 2 rings (SSSR count). The van der Waals surface area contributed by atoms with Gasteiger partial charge in [-0.3, -0.25) is 0 Å². The average molecular weight is 216 g/mol. The minimum absolute atomic E-state index is 0.633. The van der Waals surface area contributed by atoms with Gasteiger partial charge in [0.15, 0.2) is 0 Å². The van der Waals surface area contributed by atoms with E-state index in [-0.39, 0.29) is 0 Å². The van der Waals surface area contributed by atoms with E-state index < -0.39 is 0 Å². The van der Waals surface area contributed by atoms with Crippen molar-refractivity contribution in [2.75, 3.05) is 12.4 Å². The molecule has 15 heavy (non-hydrogen) atoms. The molecule has 0 atom stereocenters. The Labute approximate surface area is 91.2 Å². The van der Waals surface area contributed by atoms with Crippen LogP contribution < -0.4 is 5.32 Å². The third-order valence-electron chi connectivity index (χ3n) is 1.88. The van der Waals surface area contributed by atoms with Gasteiger partial charge in [0.2, 0.25) is 5.13 Å². The molecule has 74 valence electrons. The lowest BCUT2D eigenvalue weighted by atomic mass is 10.1. The lowest BCUT2D eigenvalue weighted by Gasteiger charge is -1.94. The molecule has 1 aromatic heterocycles. The fourth-order valence-electron chi connectivity index (χ4n) is 1.16. The van der Waals surface area contributed by atoms with E-state index in [1.54, 1.807) is 19.2 Å². The summed E-state index contributed by atoms with van der Waals surface area (Å²) in [6, 6.07) is 9.43. The smallest absolute Gasteiger partial charge is 0.205 e. The first-order valence-corrected chi connectivity index (χ1v) is 5.17. The molecule has 0 saturated carbocycles. The van der Waals surface area contributed by atoms with Gasteiger partial charge in [-0.15, -0.1) is 10.2 Å². The van der Waals surface area contributed by atoms with E-state index in [1.807, 2.05) is 12.1 Å². The average Bonchev–Trinajstić information content (AvgIpc) is 2.78. The summed E-state index contributed by atoms with van der Waals surface area (Å²) in [5, 5.41) is 21.2. The Morgan fingerprint density at radius 2 is 2.27 bits per heavy atom. The summed E-state index contributed by atoms with van der Waals surface area (Å²) in [4.78, 5) is 0. The lowest BCUT2D eigenvalue weighted by Crippen LogP contribution is -1.84. The van der Waals surface area contributed by atoms with Crippen LogP contribution in [-0.2, 0) is 0 Å². The van der Waals surface area contributed by atoms with Gasteiger partial charge >= 0.3 is 0 Å². The Hall–Kier alpha value is -1.93. The molecular weight excluding hydrogens is 208 g/mol. The molecule has 0 radical (unpaired) electrons. The van der Waals surface area contributed by atoms with Gasteiger partial charge < -0.3 is 5.32 Å². The van der Waals surface area contributed by atoms with Crippen molar-refractivity contribution in [3.05, 3.63) is 29.8 Å². The molecule has 0 unspecified atom stereocenters. The van der Waals surface area contributed by atoms with Crippen LogP contribution in [0.4, 0.5) is 5.13 Å². The summed E-state index contributed by atoms with van der Waals surface area (Å²) in [7, 11) is 1.80. The fraction of sp³-hybridized carbons (Fsp3) is 0.100. The normalized spacial score (nSPS) is 9.60. The summed E-state index contributed by atoms with van der Waals surface area (Å²) in [6.07, 6.45) is 0. The molecule has 2 aromatic rings. The number of hydrogen-bond donors (Lipinski definition) is 1. The molecule has 1 aromatic carbocycles. The number of nitriles is 1. The summed E-state index contributed by atoms with van der Waals surface area (Å²) in [5.41, 5.74) is 1.56. The molecule has 0 bridgehead atoms. The summed E-state index contributed by atoms with van der Waals surface area (Å²) < 4.78 is 0. The van der Waals surface area contributed by atoms with Crippen molar-refractivity contribution in [3.8, 4) is 16.6 Å². The third kappa shape index (κ3) is 1.95. The molecule has 0 saturated heterocycles. The van der Waals surface area contributed by atoms with Crippen molar-refractivity contribution >= 4 is 16.5 Å². The maximum Gasteiger partial charge on any atom is 0.205 e. The summed E-state index contributed by atoms with van der Waals surface area (Å²) in [5.74, 6) is 0. The Kier molecular flexibility index (Phi) is 2.61. The van der Waals surface area contributed by atoms with Crippen molar-refractivity contribution in [2.24, 2.45) is 0 Å². The van der Waals surface area contributed by atoms with Gasteiger partial charge in [-0.2, -0.15) is 5.26 Å². The second-order valence-electron chi connectivity index (χ2n) is 2.85. The first kappa shape index (κ1) is 9.62. The first-order valence-electron chi connectivity index (χ1n) is 4.35. The standard InChI is InChI=1S/C10H8N4S/c1-12-10-14-13-9(15-10)8-4-2-3-7(5-8)6-11/h2-5H,1H3,(H,12,14). The van der Waals surface area contributed by atoms with Crippen LogP contribution in [0, 0.1) is 11.3 Å². The van der Waals surface area contributed by atoms with E-state index in [4.69, 9.17) is 5.26 Å². The van der Waals surface area contributed by atoms with Crippen molar-refractivity contribution < 1.29 is 0 Å². The van der Waals surface area contributed by atoms with Crippen LogP contribution in [0.5, 0.6) is 0 Å². The number of anilines is 1. The van der Waals surface area contributed by atoms with Crippen molar-refractivity contribution in [2.45, 2.75) is 0 Å². The molecule has 0 fully saturated rings. The Morgan fingerprint density at radius 3 is 2.93 bits per heavy atom. The largest absolute Gasteiger partial charge is 0.363 e. The lowest BCUT2D eigenvalue weighted by molar-refractivity contribution is 1.09. The summed E-state index contributed by atoms with van der Waals surface area (Å²) >= 11 is 1.46. The third-order valence-corrected chi connectivity index (χ3v) is 2.87. The molecule has 1 heterocycles. The topological polar surface area (TPSA) is 61.6 Å². The molecule has 0 aliphatic heterocycles. The van der Waals surface area contributed by atoms with Gasteiger partial charge in [0.1, 0.15) is 5.01 Å². The maximum atomic E-state index is 8.77. The highest BCUT2D eigenvalue weighted by molar-refractivity contribution is 7.18. The highest BCUT2D eigenvalue weighted by atomic mass is 32.1. The highest BCUT2D eigenvalue weighted by Gasteiger charge is 2.05. The number of benzene rings is 1. The van der Waals surface area contributed by atoms with Crippen LogP contribution in [0.15, 0.2) is 24.3 Å². The quantitative estimate of drug-likeness (QED) is 0.835. The first-order chi connectivity index (χ1) is 7.33. The number of nitrogens with one attached hydrogen (secondary N) is 1. The number of rotatable bonds is 2. The Bertz CT molecular complexity index is 512. The van der Waals surface area contributed by atoms with Gasteiger partial charge in [-0.05, 0) is 12.1 Å². The zero-order chi connectivity index (χ0) is 10.7. The molecule has 0 aliphatic carbocycles. The Balaban J connectivity index is 2.41. The molecule has 1 N–H and O–H groups in total. The van der Waals surface area contributed by atoms with E-state index in [0.29, 0.717) is 5.56 Å². The summed E-state index contributed by atoms with van der Waals surface area (Å²) in [6.45, 7) is 0. The fourth-order valence-corrected chi connectivity index (χ4v) is 1.86. The van der Waals surface area contributed by atoms with Gasteiger partial charge in [-0.25, -0.2) is 0 Å². The SMILES string of the molecule is CNc1nnc(-c2cccc(C#N)c2)s1. The van der Waals surface area contributed by atoms with Crippen LogP contribution in [-0.4, -0.2) is 17.2 Å².